The van der Waals surface area contributed by atoms with Crippen LogP contribution in [0, 0.1) is 0 Å². The Bertz CT molecular complexity index is 2020. The first-order valence-electron chi connectivity index (χ1n) is 40.7. The van der Waals surface area contributed by atoms with Crippen LogP contribution in [-0.4, -0.2) is 82.3 Å². The normalized spacial score (nSPS) is 13.3. The minimum atomic E-state index is -1.63. The van der Waals surface area contributed by atoms with Crippen LogP contribution in [-0.2, 0) is 33.3 Å². The average Bonchev–Trinajstić information content (AvgIpc) is 2.59. The number of hydrogen-bond acceptors (Lipinski definition) is 8. The molecule has 0 aliphatic carbocycles. The summed E-state index contributed by atoms with van der Waals surface area (Å²) < 4.78 is 22.9. The van der Waals surface area contributed by atoms with Crippen molar-refractivity contribution in [2.75, 3.05) is 47.5 Å². The summed E-state index contributed by atoms with van der Waals surface area (Å²) in [6, 6.07) is 0. The second-order valence-corrected chi connectivity index (χ2v) is 28.3. The highest BCUT2D eigenvalue weighted by atomic mass is 16.7. The number of aliphatic carboxylic acids is 1. The summed E-state index contributed by atoms with van der Waals surface area (Å²) in [5.41, 5.74) is 0. The quantitative estimate of drug-likeness (QED) is 0.0195. The lowest BCUT2D eigenvalue weighted by Gasteiger charge is -2.26. The number of likely N-dealkylation sites (N-methyl/N-ethyl adjacent to an activating group) is 1. The van der Waals surface area contributed by atoms with Crippen molar-refractivity contribution >= 4 is 17.9 Å². The first-order valence-corrected chi connectivity index (χ1v) is 40.7. The van der Waals surface area contributed by atoms with E-state index in [1.165, 1.54) is 225 Å². The maximum Gasteiger partial charge on any atom is 0.306 e. The van der Waals surface area contributed by atoms with Crippen LogP contribution in [0.5, 0.6) is 0 Å². The Morgan fingerprint density at radius 3 is 0.876 bits per heavy atom. The first-order chi connectivity index (χ1) is 47.6. The van der Waals surface area contributed by atoms with Gasteiger partial charge in [-0.05, 0) is 109 Å². The van der Waals surface area contributed by atoms with Gasteiger partial charge in [-0.25, -0.2) is 0 Å². The van der Waals surface area contributed by atoms with Gasteiger partial charge < -0.3 is 33.3 Å². The van der Waals surface area contributed by atoms with Gasteiger partial charge in [-0.2, -0.15) is 0 Å². The van der Waals surface area contributed by atoms with Gasteiger partial charge in [0.15, 0.2) is 12.4 Å². The Balaban J connectivity index is 4.03. The molecule has 2 atom stereocenters. The van der Waals surface area contributed by atoms with Crippen molar-refractivity contribution in [3.8, 4) is 0 Å². The third-order valence-corrected chi connectivity index (χ3v) is 17.7. The van der Waals surface area contributed by atoms with Crippen molar-refractivity contribution in [1.29, 1.82) is 0 Å². The highest BCUT2D eigenvalue weighted by Gasteiger charge is 2.22. The average molecular weight is 1350 g/mol. The SMILES string of the molecule is CC/C=C\C/C=C\C/C=C\C/C=C\C/C=C\C/C=C\C/C=C\C/C=C\CCCCCCCCCCC(=O)OC(COC(=O)CCCCCCCCCCCCCCCCCCCCCCCCCCCCC/C=C\C/C=C\CCCCCCC)COC(OCC[N+](C)(C)C)C(=O)[O-]. The van der Waals surface area contributed by atoms with Crippen LogP contribution in [0.25, 0.3) is 0 Å². The van der Waals surface area contributed by atoms with E-state index < -0.39 is 24.3 Å². The summed E-state index contributed by atoms with van der Waals surface area (Å²) in [6.45, 7) is 4.65. The lowest BCUT2D eigenvalue weighted by Crippen LogP contribution is -2.44. The molecule has 0 rings (SSSR count). The molecular weight excluding hydrogens is 1200 g/mol. The van der Waals surface area contributed by atoms with E-state index >= 15 is 0 Å². The van der Waals surface area contributed by atoms with Gasteiger partial charge in [-0.1, -0.05) is 360 Å². The number of esters is 2. The molecule has 9 nitrogen and oxygen atoms in total. The van der Waals surface area contributed by atoms with Crippen LogP contribution in [0.4, 0.5) is 0 Å². The van der Waals surface area contributed by atoms with E-state index in [-0.39, 0.29) is 38.6 Å². The number of allylic oxidation sites excluding steroid dienone is 20. The minimum absolute atomic E-state index is 0.142. The molecule has 0 aromatic rings. The summed E-state index contributed by atoms with van der Waals surface area (Å²) in [5.74, 6) is -2.28. The fourth-order valence-corrected chi connectivity index (χ4v) is 11.5. The summed E-state index contributed by atoms with van der Waals surface area (Å²) >= 11 is 0. The minimum Gasteiger partial charge on any atom is -0.545 e. The molecule has 0 saturated carbocycles. The standard InChI is InChI=1S/C88H153NO8/c1-6-8-10-12-14-16-18-20-22-24-26-28-30-32-34-36-38-40-41-42-43-44-45-47-48-50-52-54-56-58-60-62-64-66-68-70-72-74-76-78-85(90)95-82-84(83-96-88(87(92)93)94-81-80-89(3,4)5)97-86(91)79-77-75-73-71-69-67-65-63-61-59-57-55-53-51-49-46-39-37-35-33-31-29-27-25-23-21-19-17-15-13-11-9-7-2/h9,11,15,17-18,20-21,23-24,26-27,29,33,35,39,46,51,53,57,59,84,88H,6-8,10,12-14,16,19,22,25,28,30-32,34,36-38,40-45,47-50,52,54-56,58,60-83H2,1-5H3/b11-9-,17-15-,20-18-,23-21-,26-24-,29-27-,35-33-,46-39-,53-51-,59-57-. The van der Waals surface area contributed by atoms with Gasteiger partial charge in [0.1, 0.15) is 13.2 Å². The molecule has 0 amide bonds. The molecule has 97 heavy (non-hydrogen) atoms. The zero-order valence-corrected chi connectivity index (χ0v) is 63.9. The van der Waals surface area contributed by atoms with Gasteiger partial charge in [0.05, 0.1) is 40.3 Å². The number of nitrogens with zero attached hydrogens (tertiary/aromatic N) is 1. The van der Waals surface area contributed by atoms with E-state index in [0.717, 1.165) is 103 Å². The maximum absolute atomic E-state index is 13.0. The molecular formula is C88H153NO8. The molecule has 0 aliphatic rings. The topological polar surface area (TPSA) is 111 Å². The fourth-order valence-electron chi connectivity index (χ4n) is 11.5. The lowest BCUT2D eigenvalue weighted by molar-refractivity contribution is -0.870. The van der Waals surface area contributed by atoms with Crippen LogP contribution < -0.4 is 5.11 Å². The Kier molecular flexibility index (Phi) is 74.0. The Hall–Kier alpha value is -4.31. The summed E-state index contributed by atoms with van der Waals surface area (Å²) in [7, 11) is 5.93. The highest BCUT2D eigenvalue weighted by molar-refractivity contribution is 5.70. The molecule has 0 aromatic carbocycles. The summed E-state index contributed by atoms with van der Waals surface area (Å²) in [5, 5.41) is 11.9. The summed E-state index contributed by atoms with van der Waals surface area (Å²) in [4.78, 5) is 37.6. The number of carbonyl (C=O) groups is 3. The predicted molar refractivity (Wildman–Crippen MR) is 417 cm³/mol. The molecule has 0 heterocycles. The largest absolute Gasteiger partial charge is 0.545 e. The van der Waals surface area contributed by atoms with E-state index in [1.807, 2.05) is 21.1 Å². The molecule has 0 radical (unpaired) electrons. The number of hydrogen-bond donors (Lipinski definition) is 0. The Labute approximate surface area is 599 Å². The molecule has 0 spiro atoms. The smallest absolute Gasteiger partial charge is 0.306 e. The van der Waals surface area contributed by atoms with E-state index in [9.17, 15) is 19.5 Å². The Morgan fingerprint density at radius 2 is 0.588 bits per heavy atom. The molecule has 9 heteroatoms. The van der Waals surface area contributed by atoms with Crippen molar-refractivity contribution in [1.82, 2.24) is 0 Å². The zero-order chi connectivity index (χ0) is 70.4. The van der Waals surface area contributed by atoms with Gasteiger partial charge in [0, 0.05) is 12.8 Å². The zero-order valence-electron chi connectivity index (χ0n) is 63.9. The van der Waals surface area contributed by atoms with Crippen LogP contribution in [0.3, 0.4) is 0 Å². The Morgan fingerprint density at radius 1 is 0.320 bits per heavy atom. The maximum atomic E-state index is 13.0. The number of quaternary nitrogens is 1. The van der Waals surface area contributed by atoms with Crippen molar-refractivity contribution in [3.63, 3.8) is 0 Å². The van der Waals surface area contributed by atoms with Gasteiger partial charge >= 0.3 is 11.9 Å². The number of carbonyl (C=O) groups excluding carboxylic acids is 3. The van der Waals surface area contributed by atoms with E-state index in [1.54, 1.807) is 0 Å². The fraction of sp³-hybridized carbons (Fsp3) is 0.739. The molecule has 0 bridgehead atoms. The predicted octanol–water partition coefficient (Wildman–Crippen LogP) is 24.9. The highest BCUT2D eigenvalue weighted by Crippen LogP contribution is 2.19. The van der Waals surface area contributed by atoms with E-state index in [4.69, 9.17) is 18.9 Å². The number of ether oxygens (including phenoxy) is 4. The third kappa shape index (κ3) is 78.9. The second-order valence-electron chi connectivity index (χ2n) is 28.3. The second kappa shape index (κ2) is 77.4. The summed E-state index contributed by atoms with van der Waals surface area (Å²) in [6.07, 6.45) is 108. The number of carboxylic acids is 1. The van der Waals surface area contributed by atoms with E-state index in [2.05, 4.69) is 135 Å². The van der Waals surface area contributed by atoms with Crippen molar-refractivity contribution in [2.24, 2.45) is 0 Å². The van der Waals surface area contributed by atoms with Gasteiger partial charge in [-0.15, -0.1) is 0 Å². The van der Waals surface area contributed by atoms with Crippen LogP contribution in [0.2, 0.25) is 0 Å². The first kappa shape index (κ1) is 92.7. The van der Waals surface area contributed by atoms with Crippen LogP contribution >= 0.6 is 0 Å². The number of rotatable bonds is 75. The molecule has 0 fully saturated rings. The number of unbranched alkanes of at least 4 members (excludes halogenated alkanes) is 40. The van der Waals surface area contributed by atoms with Crippen molar-refractivity contribution in [2.45, 2.75) is 373 Å². The van der Waals surface area contributed by atoms with Crippen molar-refractivity contribution < 1.29 is 42.9 Å². The van der Waals surface area contributed by atoms with Gasteiger partial charge in [0.2, 0.25) is 0 Å². The molecule has 0 N–H and O–H groups in total. The molecule has 558 valence electrons. The molecule has 2 unspecified atom stereocenters. The third-order valence-electron chi connectivity index (χ3n) is 17.7. The monoisotopic (exact) mass is 1350 g/mol. The van der Waals surface area contributed by atoms with Crippen LogP contribution in [0.15, 0.2) is 122 Å². The van der Waals surface area contributed by atoms with E-state index in [0.29, 0.717) is 17.4 Å². The lowest BCUT2D eigenvalue weighted by atomic mass is 10.0. The number of carboxylic acid groups (broad SMARTS) is 1. The molecule has 0 aliphatic heterocycles. The van der Waals surface area contributed by atoms with Gasteiger partial charge in [-0.3, -0.25) is 9.59 Å². The molecule has 0 saturated heterocycles. The van der Waals surface area contributed by atoms with Crippen molar-refractivity contribution in [3.05, 3.63) is 122 Å². The van der Waals surface area contributed by atoms with Crippen LogP contribution in [0.1, 0.15) is 361 Å². The van der Waals surface area contributed by atoms with Gasteiger partial charge in [0.25, 0.3) is 0 Å². The molecule has 0 aromatic heterocycles.